The molecule has 4 heteroatoms. The first kappa shape index (κ1) is 16.1. The predicted octanol–water partition coefficient (Wildman–Crippen LogP) is 3.61. The van der Waals surface area contributed by atoms with E-state index in [2.05, 4.69) is 0 Å². The highest BCUT2D eigenvalue weighted by Gasteiger charge is 2.23. The van der Waals surface area contributed by atoms with Gasteiger partial charge in [-0.1, -0.05) is 12.8 Å². The van der Waals surface area contributed by atoms with Gasteiger partial charge in [-0.2, -0.15) is 0 Å². The maximum Gasteiger partial charge on any atom is 0.339 e. The Kier molecular flexibility index (Phi) is 4.44. The zero-order valence-corrected chi connectivity index (χ0v) is 14.1. The molecule has 1 saturated carbocycles. The van der Waals surface area contributed by atoms with E-state index < -0.39 is 0 Å². The van der Waals surface area contributed by atoms with Crippen LogP contribution >= 0.6 is 0 Å². The number of hydrogen-bond donors (Lipinski definition) is 1. The lowest BCUT2D eigenvalue weighted by atomic mass is 9.86. The average molecular weight is 315 g/mol. The molecule has 2 atom stereocenters. The Labute approximate surface area is 136 Å². The molecule has 1 heterocycles. The van der Waals surface area contributed by atoms with Crippen molar-refractivity contribution in [1.82, 2.24) is 0 Å². The van der Waals surface area contributed by atoms with E-state index in [0.29, 0.717) is 23.7 Å². The molecule has 1 aliphatic carbocycles. The fourth-order valence-corrected chi connectivity index (χ4v) is 3.42. The molecule has 23 heavy (non-hydrogen) atoms. The van der Waals surface area contributed by atoms with Gasteiger partial charge in [-0.25, -0.2) is 4.79 Å². The lowest BCUT2D eigenvalue weighted by molar-refractivity contribution is 0.187. The van der Waals surface area contributed by atoms with Crippen LogP contribution in [0.25, 0.3) is 11.0 Å². The Morgan fingerprint density at radius 1 is 1.13 bits per heavy atom. The molecule has 0 bridgehead atoms. The normalized spacial score (nSPS) is 21.6. The Bertz CT molecular complexity index is 778. The molecule has 2 aromatic rings. The van der Waals surface area contributed by atoms with Crippen molar-refractivity contribution in [3.05, 3.63) is 39.2 Å². The largest absolute Gasteiger partial charge is 0.493 e. The van der Waals surface area contributed by atoms with Crippen molar-refractivity contribution in [3.63, 3.8) is 0 Å². The minimum Gasteiger partial charge on any atom is -0.493 e. The fraction of sp³-hybridized carbons (Fsp3) is 0.526. The second-order valence-electron chi connectivity index (χ2n) is 6.72. The number of rotatable bonds is 3. The quantitative estimate of drug-likeness (QED) is 0.879. The second-order valence-corrected chi connectivity index (χ2v) is 6.72. The van der Waals surface area contributed by atoms with Crippen molar-refractivity contribution < 1.29 is 9.15 Å². The summed E-state index contributed by atoms with van der Waals surface area (Å²) in [5.74, 6) is 1.19. The number of benzene rings is 1. The molecular formula is C19H25NO3. The summed E-state index contributed by atoms with van der Waals surface area (Å²) in [6.07, 6.45) is 4.65. The lowest BCUT2D eigenvalue weighted by Gasteiger charge is -2.28. The van der Waals surface area contributed by atoms with Crippen molar-refractivity contribution in [2.24, 2.45) is 11.7 Å². The van der Waals surface area contributed by atoms with Crippen LogP contribution in [0.4, 0.5) is 0 Å². The molecule has 1 aromatic carbocycles. The van der Waals surface area contributed by atoms with Crippen molar-refractivity contribution in [1.29, 1.82) is 0 Å². The van der Waals surface area contributed by atoms with E-state index in [1.54, 1.807) is 6.92 Å². The molecule has 0 spiro atoms. The Balaban J connectivity index is 1.89. The topological polar surface area (TPSA) is 65.5 Å². The van der Waals surface area contributed by atoms with Crippen molar-refractivity contribution in [2.45, 2.75) is 52.5 Å². The summed E-state index contributed by atoms with van der Waals surface area (Å²) in [6.45, 7) is 6.32. The van der Waals surface area contributed by atoms with Crippen LogP contribution in [-0.2, 0) is 0 Å². The summed E-state index contributed by atoms with van der Waals surface area (Å²) in [4.78, 5) is 11.9. The van der Waals surface area contributed by atoms with Crippen molar-refractivity contribution in [3.8, 4) is 5.75 Å². The molecule has 4 nitrogen and oxygen atoms in total. The van der Waals surface area contributed by atoms with Gasteiger partial charge in [-0.15, -0.1) is 0 Å². The predicted molar refractivity (Wildman–Crippen MR) is 92.1 cm³/mol. The Morgan fingerprint density at radius 2 is 1.87 bits per heavy atom. The third-order valence-corrected chi connectivity index (χ3v) is 5.24. The number of aryl methyl sites for hydroxylation is 2. The van der Waals surface area contributed by atoms with Gasteiger partial charge in [0.2, 0.25) is 0 Å². The smallest absolute Gasteiger partial charge is 0.339 e. The molecule has 1 fully saturated rings. The molecule has 1 aliphatic rings. The van der Waals surface area contributed by atoms with Crippen LogP contribution in [0.5, 0.6) is 5.75 Å². The van der Waals surface area contributed by atoms with E-state index in [9.17, 15) is 4.79 Å². The van der Waals surface area contributed by atoms with E-state index >= 15 is 0 Å². The molecule has 0 amide bonds. The molecule has 0 saturated heterocycles. The minimum absolute atomic E-state index is 0.229. The average Bonchev–Trinajstić information content (AvgIpc) is 2.54. The van der Waals surface area contributed by atoms with Crippen molar-refractivity contribution >= 4 is 11.0 Å². The Morgan fingerprint density at radius 3 is 2.61 bits per heavy atom. The molecule has 0 aliphatic heterocycles. The summed E-state index contributed by atoms with van der Waals surface area (Å²) < 4.78 is 11.5. The number of nitrogens with two attached hydrogens (primary N) is 1. The maximum atomic E-state index is 11.9. The van der Waals surface area contributed by atoms with E-state index in [4.69, 9.17) is 14.9 Å². The Hall–Kier alpha value is -1.81. The SMILES string of the molecule is Cc1c(C)c2ccc(OCC3CCCCC3N)c(C)c2oc1=O. The van der Waals surface area contributed by atoms with Gasteiger partial charge < -0.3 is 14.9 Å². The minimum atomic E-state index is -0.274. The molecule has 1 aromatic heterocycles. The zero-order valence-electron chi connectivity index (χ0n) is 14.1. The molecule has 0 radical (unpaired) electrons. The van der Waals surface area contributed by atoms with Crippen molar-refractivity contribution in [2.75, 3.05) is 6.61 Å². The van der Waals surface area contributed by atoms with E-state index in [1.807, 2.05) is 26.0 Å². The first-order valence-corrected chi connectivity index (χ1v) is 8.41. The van der Waals surface area contributed by atoms with Crippen LogP contribution in [0.3, 0.4) is 0 Å². The third-order valence-electron chi connectivity index (χ3n) is 5.24. The van der Waals surface area contributed by atoms with Crippen LogP contribution in [0.1, 0.15) is 42.4 Å². The summed E-state index contributed by atoms with van der Waals surface area (Å²) in [5.41, 5.74) is 9.06. The van der Waals surface area contributed by atoms with Crippen LogP contribution < -0.4 is 16.1 Å². The van der Waals surface area contributed by atoms with Crippen LogP contribution in [0.2, 0.25) is 0 Å². The van der Waals surface area contributed by atoms with Gasteiger partial charge in [-0.05, 0) is 51.3 Å². The molecule has 2 N–H and O–H groups in total. The van der Waals surface area contributed by atoms with Gasteiger partial charge in [0, 0.05) is 28.5 Å². The molecular weight excluding hydrogens is 290 g/mol. The van der Waals surface area contributed by atoms with Gasteiger partial charge in [-0.3, -0.25) is 0 Å². The van der Waals surface area contributed by atoms with Gasteiger partial charge >= 0.3 is 5.63 Å². The lowest BCUT2D eigenvalue weighted by Crippen LogP contribution is -2.36. The number of ether oxygens (including phenoxy) is 1. The standard InChI is InChI=1S/C19H25NO3/c1-11-12(2)19(21)23-18-13(3)17(9-8-15(11)18)22-10-14-6-4-5-7-16(14)20/h8-9,14,16H,4-7,10,20H2,1-3H3. The van der Waals surface area contributed by atoms with E-state index in [-0.39, 0.29) is 11.7 Å². The molecule has 2 unspecified atom stereocenters. The summed E-state index contributed by atoms with van der Waals surface area (Å²) in [7, 11) is 0. The molecule has 124 valence electrons. The second kappa shape index (κ2) is 6.36. The fourth-order valence-electron chi connectivity index (χ4n) is 3.42. The first-order valence-electron chi connectivity index (χ1n) is 8.41. The van der Waals surface area contributed by atoms with Crippen LogP contribution in [0.15, 0.2) is 21.3 Å². The van der Waals surface area contributed by atoms with Crippen LogP contribution in [0, 0.1) is 26.7 Å². The highest BCUT2D eigenvalue weighted by atomic mass is 16.5. The number of fused-ring (bicyclic) bond motifs is 1. The van der Waals surface area contributed by atoms with Gasteiger partial charge in [0.15, 0.2) is 0 Å². The highest BCUT2D eigenvalue weighted by Crippen LogP contribution is 2.30. The van der Waals surface area contributed by atoms with E-state index in [0.717, 1.165) is 35.1 Å². The first-order chi connectivity index (χ1) is 11.0. The third kappa shape index (κ3) is 3.00. The van der Waals surface area contributed by atoms with Gasteiger partial charge in [0.05, 0.1) is 6.61 Å². The van der Waals surface area contributed by atoms with Gasteiger partial charge in [0.25, 0.3) is 0 Å². The zero-order chi connectivity index (χ0) is 16.6. The molecule has 3 rings (SSSR count). The summed E-state index contributed by atoms with van der Waals surface area (Å²) in [5, 5.41) is 0.973. The van der Waals surface area contributed by atoms with E-state index in [1.165, 1.54) is 12.8 Å². The van der Waals surface area contributed by atoms with Crippen LogP contribution in [-0.4, -0.2) is 12.6 Å². The summed E-state index contributed by atoms with van der Waals surface area (Å²) >= 11 is 0. The number of hydrogen-bond acceptors (Lipinski definition) is 4. The maximum absolute atomic E-state index is 11.9. The monoisotopic (exact) mass is 315 g/mol. The van der Waals surface area contributed by atoms with Gasteiger partial charge in [0.1, 0.15) is 11.3 Å². The highest BCUT2D eigenvalue weighted by molar-refractivity contribution is 5.85. The summed E-state index contributed by atoms with van der Waals surface area (Å²) in [6, 6.07) is 4.18.